The summed E-state index contributed by atoms with van der Waals surface area (Å²) in [5, 5.41) is 4.43. The molecule has 0 radical (unpaired) electrons. The van der Waals surface area contributed by atoms with Crippen molar-refractivity contribution in [3.8, 4) is 0 Å². The zero-order chi connectivity index (χ0) is 14.1. The highest BCUT2D eigenvalue weighted by Gasteiger charge is 2.26. The lowest BCUT2D eigenvalue weighted by Crippen LogP contribution is -2.32. The number of aryl methyl sites for hydroxylation is 2. The van der Waals surface area contributed by atoms with Gasteiger partial charge in [-0.05, 0) is 57.0 Å². The summed E-state index contributed by atoms with van der Waals surface area (Å²) < 4.78 is 0. The fourth-order valence-electron chi connectivity index (χ4n) is 3.20. The van der Waals surface area contributed by atoms with Crippen LogP contribution in [0.25, 0.3) is 10.9 Å². The molecule has 0 atom stereocenters. The number of hydrogen-bond acceptors (Lipinski definition) is 2. The van der Waals surface area contributed by atoms with Gasteiger partial charge in [-0.2, -0.15) is 0 Å². The molecule has 0 amide bonds. The van der Waals surface area contributed by atoms with E-state index in [1.54, 1.807) is 0 Å². The van der Waals surface area contributed by atoms with Gasteiger partial charge in [0.15, 0.2) is 5.78 Å². The zero-order valence-electron chi connectivity index (χ0n) is 12.3. The number of rotatable bonds is 3. The first-order valence-electron chi connectivity index (χ1n) is 7.57. The van der Waals surface area contributed by atoms with Crippen LogP contribution in [0, 0.1) is 12.8 Å². The van der Waals surface area contributed by atoms with E-state index in [0.717, 1.165) is 54.5 Å². The number of fused-ring (bicyclic) bond motifs is 1. The minimum Gasteiger partial charge on any atom is -0.358 e. The lowest BCUT2D eigenvalue weighted by molar-refractivity contribution is 0.0896. The second-order valence-corrected chi connectivity index (χ2v) is 5.75. The van der Waals surface area contributed by atoms with Crippen molar-refractivity contribution < 1.29 is 4.79 Å². The fraction of sp³-hybridized carbons (Fsp3) is 0.471. The Morgan fingerprint density at radius 3 is 2.75 bits per heavy atom. The van der Waals surface area contributed by atoms with Crippen LogP contribution in [0.2, 0.25) is 0 Å². The van der Waals surface area contributed by atoms with Crippen molar-refractivity contribution in [1.29, 1.82) is 0 Å². The number of hydrogen-bond donors (Lipinski definition) is 2. The fourth-order valence-corrected chi connectivity index (χ4v) is 3.20. The topological polar surface area (TPSA) is 44.9 Å². The molecule has 1 saturated heterocycles. The smallest absolute Gasteiger partial charge is 0.168 e. The number of carbonyl (C=O) groups is 1. The summed E-state index contributed by atoms with van der Waals surface area (Å²) in [6, 6.07) is 6.41. The number of ketones is 1. The molecule has 106 valence electrons. The molecule has 1 aromatic carbocycles. The van der Waals surface area contributed by atoms with Crippen LogP contribution in [-0.2, 0) is 6.42 Å². The molecule has 0 aliphatic carbocycles. The molecular formula is C17H22N2O. The van der Waals surface area contributed by atoms with Crippen LogP contribution in [0.1, 0.15) is 41.4 Å². The summed E-state index contributed by atoms with van der Waals surface area (Å²) in [4.78, 5) is 16.2. The Hall–Kier alpha value is -1.61. The summed E-state index contributed by atoms with van der Waals surface area (Å²) in [5.41, 5.74) is 4.30. The van der Waals surface area contributed by atoms with Crippen LogP contribution in [-0.4, -0.2) is 23.9 Å². The van der Waals surface area contributed by atoms with E-state index in [9.17, 15) is 4.79 Å². The quantitative estimate of drug-likeness (QED) is 0.841. The van der Waals surface area contributed by atoms with Gasteiger partial charge in [-0.1, -0.05) is 13.0 Å². The van der Waals surface area contributed by atoms with Crippen LogP contribution < -0.4 is 5.32 Å². The Bertz CT molecular complexity index is 636. The molecule has 0 spiro atoms. The van der Waals surface area contributed by atoms with Crippen molar-refractivity contribution in [2.45, 2.75) is 33.1 Å². The van der Waals surface area contributed by atoms with Crippen LogP contribution in [0.4, 0.5) is 0 Å². The molecule has 2 aromatic rings. The first kappa shape index (κ1) is 13.4. The second-order valence-electron chi connectivity index (χ2n) is 5.75. The maximum atomic E-state index is 12.8. The van der Waals surface area contributed by atoms with Crippen LogP contribution in [0.3, 0.4) is 0 Å². The molecule has 0 saturated carbocycles. The summed E-state index contributed by atoms with van der Waals surface area (Å²) >= 11 is 0. The molecule has 1 aromatic heterocycles. The Balaban J connectivity index is 2.04. The summed E-state index contributed by atoms with van der Waals surface area (Å²) in [5.74, 6) is 0.503. The van der Waals surface area contributed by atoms with Gasteiger partial charge in [0.05, 0.1) is 0 Å². The van der Waals surface area contributed by atoms with E-state index in [4.69, 9.17) is 0 Å². The van der Waals surface area contributed by atoms with Gasteiger partial charge in [-0.3, -0.25) is 4.79 Å². The Morgan fingerprint density at radius 2 is 2.05 bits per heavy atom. The molecule has 3 rings (SSSR count). The van der Waals surface area contributed by atoms with Crippen molar-refractivity contribution in [3.63, 3.8) is 0 Å². The van der Waals surface area contributed by atoms with E-state index in [-0.39, 0.29) is 5.92 Å². The normalized spacial score (nSPS) is 16.7. The van der Waals surface area contributed by atoms with Crippen molar-refractivity contribution in [2.24, 2.45) is 5.92 Å². The molecule has 1 aliphatic rings. The van der Waals surface area contributed by atoms with Gasteiger partial charge in [0.1, 0.15) is 0 Å². The highest BCUT2D eigenvalue weighted by atomic mass is 16.1. The summed E-state index contributed by atoms with van der Waals surface area (Å²) in [6.07, 6.45) is 2.91. The first-order chi connectivity index (χ1) is 9.70. The third-order valence-electron chi connectivity index (χ3n) is 4.42. The number of benzene rings is 1. The van der Waals surface area contributed by atoms with Gasteiger partial charge < -0.3 is 10.3 Å². The first-order valence-corrected chi connectivity index (χ1v) is 7.57. The van der Waals surface area contributed by atoms with Gasteiger partial charge in [0.25, 0.3) is 0 Å². The third-order valence-corrected chi connectivity index (χ3v) is 4.42. The molecule has 0 bridgehead atoms. The maximum Gasteiger partial charge on any atom is 0.168 e. The van der Waals surface area contributed by atoms with Gasteiger partial charge in [0, 0.05) is 28.1 Å². The van der Waals surface area contributed by atoms with E-state index in [2.05, 4.69) is 35.4 Å². The maximum absolute atomic E-state index is 12.8. The molecule has 0 unspecified atom stereocenters. The number of aromatic nitrogens is 1. The Morgan fingerprint density at radius 1 is 1.30 bits per heavy atom. The molecule has 2 heterocycles. The van der Waals surface area contributed by atoms with Crippen LogP contribution in [0.5, 0.6) is 0 Å². The number of piperidine rings is 1. The Kier molecular flexibility index (Phi) is 3.62. The molecule has 1 aliphatic heterocycles. The van der Waals surface area contributed by atoms with Gasteiger partial charge in [0.2, 0.25) is 0 Å². The number of Topliss-reactive ketones (excluding diaryl/α,β-unsaturated/α-hetero) is 1. The highest BCUT2D eigenvalue weighted by Crippen LogP contribution is 2.28. The number of aromatic amines is 1. The minimum absolute atomic E-state index is 0.180. The van der Waals surface area contributed by atoms with Crippen molar-refractivity contribution in [1.82, 2.24) is 10.3 Å². The minimum atomic E-state index is 0.180. The molecule has 1 fully saturated rings. The largest absolute Gasteiger partial charge is 0.358 e. The Labute approximate surface area is 119 Å². The molecule has 2 N–H and O–H groups in total. The number of H-pyrrole nitrogens is 1. The third kappa shape index (κ3) is 2.27. The van der Waals surface area contributed by atoms with E-state index in [0.29, 0.717) is 5.78 Å². The number of carbonyl (C=O) groups excluding carboxylic acids is 1. The predicted octanol–water partition coefficient (Wildman–Crippen LogP) is 3.22. The lowest BCUT2D eigenvalue weighted by atomic mass is 9.88. The second kappa shape index (κ2) is 5.41. The van der Waals surface area contributed by atoms with Gasteiger partial charge >= 0.3 is 0 Å². The van der Waals surface area contributed by atoms with E-state index in [1.165, 1.54) is 5.56 Å². The average Bonchev–Trinajstić information content (AvgIpc) is 2.82. The van der Waals surface area contributed by atoms with Crippen LogP contribution in [0.15, 0.2) is 18.2 Å². The SMILES string of the molecule is CCc1ccc2[nH]c(C)c(C(=O)C3CCNCC3)c2c1. The summed E-state index contributed by atoms with van der Waals surface area (Å²) in [7, 11) is 0. The molecular weight excluding hydrogens is 248 g/mol. The van der Waals surface area contributed by atoms with Crippen molar-refractivity contribution in [3.05, 3.63) is 35.0 Å². The highest BCUT2D eigenvalue weighted by molar-refractivity contribution is 6.10. The molecule has 20 heavy (non-hydrogen) atoms. The zero-order valence-corrected chi connectivity index (χ0v) is 12.3. The molecule has 3 nitrogen and oxygen atoms in total. The van der Waals surface area contributed by atoms with E-state index >= 15 is 0 Å². The number of nitrogens with one attached hydrogen (secondary N) is 2. The lowest BCUT2D eigenvalue weighted by Gasteiger charge is -2.21. The monoisotopic (exact) mass is 270 g/mol. The average molecular weight is 270 g/mol. The van der Waals surface area contributed by atoms with Crippen LogP contribution >= 0.6 is 0 Å². The van der Waals surface area contributed by atoms with Crippen molar-refractivity contribution in [2.75, 3.05) is 13.1 Å². The predicted molar refractivity (Wildman–Crippen MR) is 82.3 cm³/mol. The summed E-state index contributed by atoms with van der Waals surface area (Å²) in [6.45, 7) is 6.07. The van der Waals surface area contributed by atoms with E-state index < -0.39 is 0 Å². The van der Waals surface area contributed by atoms with Crippen molar-refractivity contribution >= 4 is 16.7 Å². The van der Waals surface area contributed by atoms with Gasteiger partial charge in [-0.25, -0.2) is 0 Å². The van der Waals surface area contributed by atoms with E-state index in [1.807, 2.05) is 6.92 Å². The standard InChI is InChI=1S/C17H22N2O/c1-3-12-4-5-15-14(10-12)16(11(2)19-15)17(20)13-6-8-18-9-7-13/h4-5,10,13,18-19H,3,6-9H2,1-2H3. The van der Waals surface area contributed by atoms with Gasteiger partial charge in [-0.15, -0.1) is 0 Å². The molecule has 3 heteroatoms.